The van der Waals surface area contributed by atoms with Gasteiger partial charge in [0.25, 0.3) is 0 Å². The molecule has 1 aromatic rings. The summed E-state index contributed by atoms with van der Waals surface area (Å²) in [5.74, 6) is -2.13. The van der Waals surface area contributed by atoms with Crippen LogP contribution in [0.4, 0.5) is 5.69 Å². The number of hydrogen-bond donors (Lipinski definition) is 1. The van der Waals surface area contributed by atoms with Gasteiger partial charge in [0, 0.05) is 12.7 Å². The van der Waals surface area contributed by atoms with Crippen molar-refractivity contribution in [3.8, 4) is 0 Å². The zero-order valence-electron chi connectivity index (χ0n) is 12.5. The first-order valence-electron chi connectivity index (χ1n) is 7.29. The molecule has 0 heterocycles. The second kappa shape index (κ2) is 6.57. The van der Waals surface area contributed by atoms with Crippen LogP contribution in [-0.4, -0.2) is 24.0 Å². The number of hydrogen-bond acceptors (Lipinski definition) is 2. The molecular formula is C17H21NO3. The van der Waals surface area contributed by atoms with Gasteiger partial charge in [-0.2, -0.15) is 0 Å². The third kappa shape index (κ3) is 3.32. The van der Waals surface area contributed by atoms with E-state index in [4.69, 9.17) is 0 Å². The Morgan fingerprint density at radius 3 is 2.24 bits per heavy atom. The predicted molar refractivity (Wildman–Crippen MR) is 82.2 cm³/mol. The van der Waals surface area contributed by atoms with Gasteiger partial charge in [-0.15, -0.1) is 0 Å². The van der Waals surface area contributed by atoms with E-state index in [1.807, 2.05) is 36.4 Å². The summed E-state index contributed by atoms with van der Waals surface area (Å²) in [5.41, 5.74) is 2.01. The molecular weight excluding hydrogens is 266 g/mol. The van der Waals surface area contributed by atoms with E-state index in [9.17, 15) is 14.7 Å². The van der Waals surface area contributed by atoms with Crippen molar-refractivity contribution < 1.29 is 14.7 Å². The fourth-order valence-corrected chi connectivity index (χ4v) is 2.69. The highest BCUT2D eigenvalue weighted by atomic mass is 16.4. The molecule has 112 valence electrons. The minimum Gasteiger partial charge on any atom is -0.481 e. The Hall–Kier alpha value is -2.10. The molecule has 0 fully saturated rings. The van der Waals surface area contributed by atoms with Gasteiger partial charge in [-0.1, -0.05) is 31.2 Å². The maximum Gasteiger partial charge on any atom is 0.307 e. The highest BCUT2D eigenvalue weighted by molar-refractivity contribution is 5.97. The zero-order chi connectivity index (χ0) is 15.4. The first-order chi connectivity index (χ1) is 10.0. The van der Waals surface area contributed by atoms with Gasteiger partial charge in [-0.25, -0.2) is 0 Å². The van der Waals surface area contributed by atoms with Crippen LogP contribution in [0.25, 0.3) is 0 Å². The van der Waals surface area contributed by atoms with Crippen molar-refractivity contribution in [2.45, 2.75) is 26.2 Å². The average molecular weight is 287 g/mol. The Bertz CT molecular complexity index is 548. The molecule has 0 unspecified atom stereocenters. The molecule has 1 N–H and O–H groups in total. The smallest absolute Gasteiger partial charge is 0.307 e. The lowest BCUT2D eigenvalue weighted by Crippen LogP contribution is -2.40. The summed E-state index contributed by atoms with van der Waals surface area (Å²) in [6, 6.07) is 7.81. The maximum absolute atomic E-state index is 12.6. The number of anilines is 1. The van der Waals surface area contributed by atoms with Gasteiger partial charge in [-0.05, 0) is 37.0 Å². The van der Waals surface area contributed by atoms with Gasteiger partial charge in [0.1, 0.15) is 0 Å². The SMILES string of the molecule is CCc1ccc(N(C)C(=O)[C@@H]2CC=CC[C@@H]2C(=O)O)cc1. The first kappa shape index (κ1) is 15.3. The molecule has 2 rings (SSSR count). The minimum atomic E-state index is -0.896. The van der Waals surface area contributed by atoms with Crippen LogP contribution in [0.1, 0.15) is 25.3 Å². The normalized spacial score (nSPS) is 21.0. The zero-order valence-corrected chi connectivity index (χ0v) is 12.5. The molecule has 0 saturated carbocycles. The average Bonchev–Trinajstić information content (AvgIpc) is 2.53. The second-order valence-corrected chi connectivity index (χ2v) is 5.41. The van der Waals surface area contributed by atoms with Crippen molar-refractivity contribution in [2.75, 3.05) is 11.9 Å². The molecule has 1 aliphatic carbocycles. The topological polar surface area (TPSA) is 57.6 Å². The Morgan fingerprint density at radius 1 is 1.14 bits per heavy atom. The largest absolute Gasteiger partial charge is 0.481 e. The Morgan fingerprint density at radius 2 is 1.71 bits per heavy atom. The number of allylic oxidation sites excluding steroid dienone is 2. The van der Waals surface area contributed by atoms with Crippen LogP contribution in [0.2, 0.25) is 0 Å². The number of rotatable bonds is 4. The number of carbonyl (C=O) groups is 2. The lowest BCUT2D eigenvalue weighted by atomic mass is 9.82. The van der Waals surface area contributed by atoms with Crippen molar-refractivity contribution >= 4 is 17.6 Å². The lowest BCUT2D eigenvalue weighted by molar-refractivity contribution is -0.146. The third-order valence-corrected chi connectivity index (χ3v) is 4.13. The van der Waals surface area contributed by atoms with Crippen LogP contribution in [0.5, 0.6) is 0 Å². The van der Waals surface area contributed by atoms with Crippen molar-refractivity contribution in [3.63, 3.8) is 0 Å². The Labute approximate surface area is 125 Å². The van der Waals surface area contributed by atoms with Crippen molar-refractivity contribution in [1.29, 1.82) is 0 Å². The molecule has 1 amide bonds. The van der Waals surface area contributed by atoms with Crippen LogP contribution < -0.4 is 4.90 Å². The number of nitrogens with zero attached hydrogens (tertiary/aromatic N) is 1. The summed E-state index contributed by atoms with van der Waals surface area (Å²) >= 11 is 0. The van der Waals surface area contributed by atoms with E-state index >= 15 is 0 Å². The molecule has 0 aromatic heterocycles. The predicted octanol–water partition coefficient (Wildman–Crippen LogP) is 2.88. The quantitative estimate of drug-likeness (QED) is 0.866. The Kier molecular flexibility index (Phi) is 4.78. The van der Waals surface area contributed by atoms with Crippen LogP contribution in [0.15, 0.2) is 36.4 Å². The monoisotopic (exact) mass is 287 g/mol. The molecule has 4 heteroatoms. The summed E-state index contributed by atoms with van der Waals surface area (Å²) < 4.78 is 0. The summed E-state index contributed by atoms with van der Waals surface area (Å²) in [6.07, 6.45) is 5.61. The van der Waals surface area contributed by atoms with Gasteiger partial charge in [0.05, 0.1) is 11.8 Å². The number of amides is 1. The van der Waals surface area contributed by atoms with Crippen LogP contribution in [0, 0.1) is 11.8 Å². The third-order valence-electron chi connectivity index (χ3n) is 4.13. The molecule has 1 aromatic carbocycles. The molecule has 0 spiro atoms. The van der Waals surface area contributed by atoms with E-state index < -0.39 is 17.8 Å². The molecule has 0 bridgehead atoms. The van der Waals surface area contributed by atoms with E-state index in [-0.39, 0.29) is 5.91 Å². The maximum atomic E-state index is 12.6. The molecule has 21 heavy (non-hydrogen) atoms. The summed E-state index contributed by atoms with van der Waals surface area (Å²) in [7, 11) is 1.71. The van der Waals surface area contributed by atoms with E-state index in [2.05, 4.69) is 6.92 Å². The molecule has 0 saturated heterocycles. The fraction of sp³-hybridized carbons (Fsp3) is 0.412. The van der Waals surface area contributed by atoms with Crippen LogP contribution >= 0.6 is 0 Å². The van der Waals surface area contributed by atoms with Crippen LogP contribution in [-0.2, 0) is 16.0 Å². The molecule has 2 atom stereocenters. The number of carbonyl (C=O) groups excluding carboxylic acids is 1. The number of aliphatic carboxylic acids is 1. The van der Waals surface area contributed by atoms with Gasteiger partial charge in [0.2, 0.25) is 5.91 Å². The van der Waals surface area contributed by atoms with Gasteiger partial charge in [-0.3, -0.25) is 9.59 Å². The van der Waals surface area contributed by atoms with Crippen molar-refractivity contribution in [3.05, 3.63) is 42.0 Å². The molecule has 0 aliphatic heterocycles. The first-order valence-corrected chi connectivity index (χ1v) is 7.29. The molecule has 0 radical (unpaired) electrons. The van der Waals surface area contributed by atoms with E-state index in [0.29, 0.717) is 12.8 Å². The Balaban J connectivity index is 2.17. The molecule has 4 nitrogen and oxygen atoms in total. The summed E-state index contributed by atoms with van der Waals surface area (Å²) in [5, 5.41) is 9.27. The summed E-state index contributed by atoms with van der Waals surface area (Å²) in [6.45, 7) is 2.08. The lowest BCUT2D eigenvalue weighted by Gasteiger charge is -2.28. The van der Waals surface area contributed by atoms with Crippen molar-refractivity contribution in [2.24, 2.45) is 11.8 Å². The fourth-order valence-electron chi connectivity index (χ4n) is 2.69. The van der Waals surface area contributed by atoms with Gasteiger partial charge in [0.15, 0.2) is 0 Å². The summed E-state index contributed by atoms with van der Waals surface area (Å²) in [4.78, 5) is 25.5. The highest BCUT2D eigenvalue weighted by Gasteiger charge is 2.35. The van der Waals surface area contributed by atoms with E-state index in [0.717, 1.165) is 12.1 Å². The highest BCUT2D eigenvalue weighted by Crippen LogP contribution is 2.29. The number of carboxylic acid groups (broad SMARTS) is 1. The minimum absolute atomic E-state index is 0.129. The van der Waals surface area contributed by atoms with E-state index in [1.165, 1.54) is 5.56 Å². The number of aryl methyl sites for hydroxylation is 1. The van der Waals surface area contributed by atoms with Gasteiger partial charge >= 0.3 is 5.97 Å². The molecule has 1 aliphatic rings. The standard InChI is InChI=1S/C17H21NO3/c1-3-12-8-10-13(11-9-12)18(2)16(19)14-6-4-5-7-15(14)17(20)21/h4-5,8-11,14-15H,3,6-7H2,1-2H3,(H,20,21)/t14-,15+/m1/s1. The second-order valence-electron chi connectivity index (χ2n) is 5.41. The van der Waals surface area contributed by atoms with E-state index in [1.54, 1.807) is 11.9 Å². The van der Waals surface area contributed by atoms with Crippen LogP contribution in [0.3, 0.4) is 0 Å². The van der Waals surface area contributed by atoms with Crippen molar-refractivity contribution in [1.82, 2.24) is 0 Å². The number of carboxylic acids is 1. The van der Waals surface area contributed by atoms with Gasteiger partial charge < -0.3 is 10.0 Å². The number of benzene rings is 1.